The third-order valence-corrected chi connectivity index (χ3v) is 3.87. The van der Waals surface area contributed by atoms with Gasteiger partial charge in [0.05, 0.1) is 6.54 Å². The molecule has 2 rings (SSSR count). The first kappa shape index (κ1) is 14.5. The van der Waals surface area contributed by atoms with Gasteiger partial charge in [0.25, 0.3) is 0 Å². The lowest BCUT2D eigenvalue weighted by atomic mass is 10.2. The van der Waals surface area contributed by atoms with Crippen molar-refractivity contribution in [2.75, 3.05) is 0 Å². The van der Waals surface area contributed by atoms with Crippen molar-refractivity contribution in [1.29, 1.82) is 0 Å². The minimum atomic E-state index is -4.23. The molecule has 0 aliphatic carbocycles. The number of aromatic nitrogens is 3. The van der Waals surface area contributed by atoms with Crippen LogP contribution in [0.5, 0.6) is 0 Å². The molecule has 1 heterocycles. The first-order valence-corrected chi connectivity index (χ1v) is 6.94. The molecule has 0 amide bonds. The lowest BCUT2D eigenvalue weighted by Gasteiger charge is -2.08. The number of nitrogens with zero attached hydrogens (tertiary/aromatic N) is 2. The van der Waals surface area contributed by atoms with Crippen LogP contribution in [-0.2, 0) is 23.1 Å². The molecule has 108 valence electrons. The van der Waals surface area contributed by atoms with Crippen LogP contribution >= 0.6 is 0 Å². The van der Waals surface area contributed by atoms with Crippen LogP contribution in [0.3, 0.4) is 0 Å². The van der Waals surface area contributed by atoms with Crippen LogP contribution in [0.2, 0.25) is 0 Å². The molecule has 7 nitrogen and oxygen atoms in total. The van der Waals surface area contributed by atoms with Crippen LogP contribution in [0.15, 0.2) is 23.4 Å². The summed E-state index contributed by atoms with van der Waals surface area (Å²) in [5.74, 6) is -2.48. The van der Waals surface area contributed by atoms with E-state index >= 15 is 0 Å². The molecule has 0 saturated heterocycles. The van der Waals surface area contributed by atoms with Crippen molar-refractivity contribution in [3.63, 3.8) is 0 Å². The largest absolute Gasteiger partial charge is 0.326 e. The van der Waals surface area contributed by atoms with E-state index in [-0.39, 0.29) is 24.5 Å². The number of hydrogen-bond acceptors (Lipinski definition) is 5. The Balaban J connectivity index is 2.31. The summed E-state index contributed by atoms with van der Waals surface area (Å²) < 4.78 is 52.9. The molecular weight excluding hydrogens is 292 g/mol. The summed E-state index contributed by atoms with van der Waals surface area (Å²) in [6.45, 7) is -0.335. The molecule has 0 aliphatic heterocycles. The van der Waals surface area contributed by atoms with E-state index < -0.39 is 26.6 Å². The predicted octanol–water partition coefficient (Wildman–Crippen LogP) is 0.0201. The van der Waals surface area contributed by atoms with E-state index in [9.17, 15) is 17.2 Å². The van der Waals surface area contributed by atoms with Crippen LogP contribution in [0, 0.1) is 11.6 Å². The summed E-state index contributed by atoms with van der Waals surface area (Å²) in [7, 11) is -4.23. The smallest absolute Gasteiger partial charge is 0.244 e. The highest BCUT2D eigenvalue weighted by atomic mass is 32.2. The van der Waals surface area contributed by atoms with Crippen molar-refractivity contribution in [2.45, 2.75) is 18.0 Å². The highest BCUT2D eigenvalue weighted by molar-refractivity contribution is 7.89. The SMILES string of the molecule is NCc1cc(F)c(F)c(S(=O)(=O)NCc2ncn[nH]2)c1. The van der Waals surface area contributed by atoms with E-state index in [0.29, 0.717) is 0 Å². The van der Waals surface area contributed by atoms with E-state index in [0.717, 1.165) is 12.1 Å². The number of benzene rings is 1. The Bertz CT molecular complexity index is 703. The molecular formula is C10H11F2N5O2S. The summed E-state index contributed by atoms with van der Waals surface area (Å²) >= 11 is 0. The maximum atomic E-state index is 13.6. The van der Waals surface area contributed by atoms with Crippen molar-refractivity contribution in [1.82, 2.24) is 19.9 Å². The van der Waals surface area contributed by atoms with Gasteiger partial charge in [-0.15, -0.1) is 0 Å². The molecule has 0 spiro atoms. The fourth-order valence-electron chi connectivity index (χ4n) is 1.49. The number of hydrogen-bond donors (Lipinski definition) is 3. The van der Waals surface area contributed by atoms with Crippen LogP contribution in [0.25, 0.3) is 0 Å². The second-order valence-electron chi connectivity index (χ2n) is 3.85. The molecule has 0 aliphatic rings. The van der Waals surface area contributed by atoms with Crippen molar-refractivity contribution < 1.29 is 17.2 Å². The molecule has 0 bridgehead atoms. The molecule has 0 radical (unpaired) electrons. The number of nitrogens with one attached hydrogen (secondary N) is 2. The van der Waals surface area contributed by atoms with Gasteiger partial charge in [-0.2, -0.15) is 5.10 Å². The molecule has 10 heteroatoms. The minimum Gasteiger partial charge on any atom is -0.326 e. The Morgan fingerprint density at radius 1 is 1.35 bits per heavy atom. The van der Waals surface area contributed by atoms with Gasteiger partial charge in [0, 0.05) is 6.54 Å². The Labute approximate surface area is 113 Å². The maximum absolute atomic E-state index is 13.6. The van der Waals surface area contributed by atoms with Gasteiger partial charge in [-0.3, -0.25) is 5.10 Å². The Hall–Kier alpha value is -1.91. The molecule has 0 unspecified atom stereocenters. The van der Waals surface area contributed by atoms with Crippen molar-refractivity contribution in [3.8, 4) is 0 Å². The van der Waals surface area contributed by atoms with Gasteiger partial charge in [-0.1, -0.05) is 0 Å². The fourth-order valence-corrected chi connectivity index (χ4v) is 2.61. The van der Waals surface area contributed by atoms with E-state index in [1.54, 1.807) is 0 Å². The van der Waals surface area contributed by atoms with Crippen molar-refractivity contribution >= 4 is 10.0 Å². The van der Waals surface area contributed by atoms with Gasteiger partial charge in [0.1, 0.15) is 17.0 Å². The van der Waals surface area contributed by atoms with Gasteiger partial charge in [0.2, 0.25) is 10.0 Å². The maximum Gasteiger partial charge on any atom is 0.244 e. The van der Waals surface area contributed by atoms with Gasteiger partial charge in [-0.05, 0) is 17.7 Å². The third-order valence-electron chi connectivity index (χ3n) is 2.47. The zero-order valence-corrected chi connectivity index (χ0v) is 10.9. The monoisotopic (exact) mass is 303 g/mol. The van der Waals surface area contributed by atoms with Crippen molar-refractivity contribution in [2.24, 2.45) is 5.73 Å². The van der Waals surface area contributed by atoms with Crippen LogP contribution < -0.4 is 10.5 Å². The van der Waals surface area contributed by atoms with E-state index in [2.05, 4.69) is 19.9 Å². The number of aromatic amines is 1. The predicted molar refractivity (Wildman–Crippen MR) is 64.7 cm³/mol. The van der Waals surface area contributed by atoms with E-state index in [4.69, 9.17) is 5.73 Å². The molecule has 0 saturated carbocycles. The zero-order valence-electron chi connectivity index (χ0n) is 10.1. The summed E-state index contributed by atoms with van der Waals surface area (Å²) in [6, 6.07) is 1.84. The molecule has 0 fully saturated rings. The topological polar surface area (TPSA) is 114 Å². The number of nitrogens with two attached hydrogens (primary N) is 1. The van der Waals surface area contributed by atoms with Gasteiger partial charge in [0.15, 0.2) is 11.6 Å². The van der Waals surface area contributed by atoms with E-state index in [1.165, 1.54) is 6.33 Å². The second kappa shape index (κ2) is 5.61. The van der Waals surface area contributed by atoms with Gasteiger partial charge < -0.3 is 5.73 Å². The first-order valence-electron chi connectivity index (χ1n) is 5.46. The van der Waals surface area contributed by atoms with Gasteiger partial charge >= 0.3 is 0 Å². The lowest BCUT2D eigenvalue weighted by molar-refractivity contribution is 0.481. The summed E-state index contributed by atoms with van der Waals surface area (Å²) in [4.78, 5) is 2.91. The molecule has 20 heavy (non-hydrogen) atoms. The highest BCUT2D eigenvalue weighted by Crippen LogP contribution is 2.19. The molecule has 1 aromatic carbocycles. The lowest BCUT2D eigenvalue weighted by Crippen LogP contribution is -2.25. The Kier molecular flexibility index (Phi) is 4.06. The Morgan fingerprint density at radius 3 is 2.70 bits per heavy atom. The van der Waals surface area contributed by atoms with Crippen LogP contribution in [0.1, 0.15) is 11.4 Å². The van der Waals surface area contributed by atoms with Gasteiger partial charge in [-0.25, -0.2) is 26.9 Å². The number of rotatable bonds is 5. The van der Waals surface area contributed by atoms with E-state index in [1.807, 2.05) is 0 Å². The minimum absolute atomic E-state index is 0.109. The quantitative estimate of drug-likeness (QED) is 0.720. The zero-order chi connectivity index (χ0) is 14.8. The molecule has 0 atom stereocenters. The second-order valence-corrected chi connectivity index (χ2v) is 5.59. The summed E-state index contributed by atoms with van der Waals surface area (Å²) in [6.07, 6.45) is 1.19. The average molecular weight is 303 g/mol. The highest BCUT2D eigenvalue weighted by Gasteiger charge is 2.23. The Morgan fingerprint density at radius 2 is 2.10 bits per heavy atom. The summed E-state index contributed by atoms with van der Waals surface area (Å²) in [5, 5.41) is 5.97. The number of halogens is 2. The molecule has 2 aromatic rings. The first-order chi connectivity index (χ1) is 9.44. The van der Waals surface area contributed by atoms with Crippen LogP contribution in [0.4, 0.5) is 8.78 Å². The molecule has 4 N–H and O–H groups in total. The fraction of sp³-hybridized carbons (Fsp3) is 0.200. The number of sulfonamides is 1. The normalized spacial score (nSPS) is 11.8. The number of H-pyrrole nitrogens is 1. The molecule has 1 aromatic heterocycles. The van der Waals surface area contributed by atoms with Crippen LogP contribution in [-0.4, -0.2) is 23.6 Å². The average Bonchev–Trinajstić information content (AvgIpc) is 2.92. The summed E-state index contributed by atoms with van der Waals surface area (Å²) in [5.41, 5.74) is 5.47. The van der Waals surface area contributed by atoms with Crippen molar-refractivity contribution in [3.05, 3.63) is 41.5 Å². The third kappa shape index (κ3) is 2.98. The standard InChI is InChI=1S/C10H11F2N5O2S/c11-7-1-6(3-13)2-8(10(7)12)20(18,19)16-4-9-14-5-15-17-9/h1-2,5,16H,3-4,13H2,(H,14,15,17).